The predicted octanol–water partition coefficient (Wildman–Crippen LogP) is 5.29. The van der Waals surface area contributed by atoms with Gasteiger partial charge in [-0.25, -0.2) is 4.68 Å². The summed E-state index contributed by atoms with van der Waals surface area (Å²) in [5.41, 5.74) is 1.87. The van der Waals surface area contributed by atoms with Gasteiger partial charge in [-0.2, -0.15) is 5.10 Å². The molecule has 1 saturated carbocycles. The van der Waals surface area contributed by atoms with Crippen molar-refractivity contribution >= 4 is 57.2 Å². The number of carbonyl (C=O) groups is 1. The molecule has 2 heterocycles. The summed E-state index contributed by atoms with van der Waals surface area (Å²) in [5, 5.41) is 20.2. The maximum absolute atomic E-state index is 12.4. The van der Waals surface area contributed by atoms with Crippen LogP contribution in [-0.2, 0) is 4.79 Å². The molecule has 152 valence electrons. The highest BCUT2D eigenvalue weighted by Crippen LogP contribution is 2.32. The van der Waals surface area contributed by atoms with Crippen LogP contribution in [-0.4, -0.2) is 31.6 Å². The monoisotopic (exact) mass is 448 g/mol. The highest BCUT2D eigenvalue weighted by molar-refractivity contribution is 8.01. The van der Waals surface area contributed by atoms with Gasteiger partial charge in [0.2, 0.25) is 11.0 Å². The third kappa shape index (κ3) is 5.09. The number of nitrogens with one attached hydrogen (secondary N) is 2. The summed E-state index contributed by atoms with van der Waals surface area (Å²) in [5.74, 6) is 0.948. The summed E-state index contributed by atoms with van der Waals surface area (Å²) in [6.45, 7) is 1.96. The van der Waals surface area contributed by atoms with Gasteiger partial charge in [-0.15, -0.1) is 10.2 Å². The van der Waals surface area contributed by atoms with Crippen molar-refractivity contribution in [2.45, 2.75) is 43.0 Å². The number of rotatable bonds is 7. The molecule has 2 N–H and O–H groups in total. The van der Waals surface area contributed by atoms with E-state index in [-0.39, 0.29) is 11.7 Å². The number of thioether (sulfide) groups is 1. The van der Waals surface area contributed by atoms with Gasteiger partial charge in [0.25, 0.3) is 0 Å². The number of hydrogen-bond donors (Lipinski definition) is 2. The normalized spacial score (nSPS) is 14.3. The van der Waals surface area contributed by atoms with Gasteiger partial charge in [-0.1, -0.05) is 53.6 Å². The van der Waals surface area contributed by atoms with E-state index in [4.69, 9.17) is 11.6 Å². The van der Waals surface area contributed by atoms with Gasteiger partial charge in [0.15, 0.2) is 4.34 Å². The number of amides is 1. The molecule has 1 aliphatic rings. The summed E-state index contributed by atoms with van der Waals surface area (Å²) in [6.07, 6.45) is 6.41. The molecule has 29 heavy (non-hydrogen) atoms. The molecule has 1 fully saturated rings. The van der Waals surface area contributed by atoms with Crippen LogP contribution in [0.15, 0.2) is 34.8 Å². The topological polar surface area (TPSA) is 84.7 Å². The third-order valence-corrected chi connectivity index (χ3v) is 7.14. The maximum Gasteiger partial charge on any atom is 0.235 e. The zero-order valence-corrected chi connectivity index (χ0v) is 18.3. The first-order valence-electron chi connectivity index (χ1n) is 9.41. The number of halogens is 1. The maximum atomic E-state index is 12.4. The van der Waals surface area contributed by atoms with Gasteiger partial charge < -0.3 is 10.6 Å². The number of hydrogen-bond acceptors (Lipinski definition) is 7. The zero-order valence-electron chi connectivity index (χ0n) is 15.9. The van der Waals surface area contributed by atoms with E-state index in [0.717, 1.165) is 34.2 Å². The lowest BCUT2D eigenvalue weighted by Gasteiger charge is -2.14. The molecule has 0 bridgehead atoms. The van der Waals surface area contributed by atoms with Crippen molar-refractivity contribution in [2.75, 3.05) is 16.4 Å². The molecule has 1 aromatic carbocycles. The molecule has 2 aromatic heterocycles. The Kier molecular flexibility index (Phi) is 6.37. The molecule has 10 heteroatoms. The molecule has 0 saturated heterocycles. The van der Waals surface area contributed by atoms with Crippen LogP contribution in [0, 0.1) is 6.92 Å². The van der Waals surface area contributed by atoms with E-state index in [1.807, 2.05) is 35.9 Å². The Morgan fingerprint density at radius 3 is 2.93 bits per heavy atom. The number of nitrogens with zero attached hydrogens (tertiary/aromatic N) is 4. The van der Waals surface area contributed by atoms with Gasteiger partial charge >= 0.3 is 0 Å². The standard InChI is InChI=1S/C19H21ClN6OS2/c1-12-6-7-13(10-15(12)20)22-18-24-25-19(29-18)28-11-17(27)23-16-8-9-21-26(16)14-4-2-3-5-14/h6-10,14H,2-5,11H2,1H3,(H,22,24)(H,23,27). The number of aryl methyl sites for hydroxylation is 1. The van der Waals surface area contributed by atoms with Crippen LogP contribution in [0.25, 0.3) is 0 Å². The highest BCUT2D eigenvalue weighted by atomic mass is 35.5. The van der Waals surface area contributed by atoms with Gasteiger partial charge in [-0.05, 0) is 37.5 Å². The Bertz CT molecular complexity index is 998. The van der Waals surface area contributed by atoms with Crippen LogP contribution in [0.5, 0.6) is 0 Å². The number of anilines is 3. The Hall–Kier alpha value is -2.10. The molecule has 0 spiro atoms. The molecule has 4 rings (SSSR count). The van der Waals surface area contributed by atoms with Gasteiger partial charge in [0, 0.05) is 16.8 Å². The first kappa shape index (κ1) is 20.2. The Labute approximate surface area is 182 Å². The van der Waals surface area contributed by atoms with E-state index in [2.05, 4.69) is 25.9 Å². The van der Waals surface area contributed by atoms with Crippen LogP contribution in [0.1, 0.15) is 37.3 Å². The molecule has 0 radical (unpaired) electrons. The van der Waals surface area contributed by atoms with Crippen molar-refractivity contribution in [3.8, 4) is 0 Å². The Balaban J connectivity index is 1.30. The quantitative estimate of drug-likeness (QED) is 0.478. The van der Waals surface area contributed by atoms with Gasteiger partial charge in [-0.3, -0.25) is 4.79 Å². The van der Waals surface area contributed by atoms with Crippen LogP contribution < -0.4 is 10.6 Å². The second-order valence-corrected chi connectivity index (χ2v) is 9.51. The molecule has 1 amide bonds. The fraction of sp³-hybridized carbons (Fsp3) is 0.368. The second-order valence-electron chi connectivity index (χ2n) is 6.90. The number of carbonyl (C=O) groups excluding carboxylic acids is 1. The fourth-order valence-electron chi connectivity index (χ4n) is 3.27. The van der Waals surface area contributed by atoms with E-state index >= 15 is 0 Å². The summed E-state index contributed by atoms with van der Waals surface area (Å²) >= 11 is 8.92. The van der Waals surface area contributed by atoms with E-state index in [1.54, 1.807) is 6.20 Å². The minimum absolute atomic E-state index is 0.0789. The van der Waals surface area contributed by atoms with Crippen LogP contribution >= 0.6 is 34.7 Å². The first-order valence-corrected chi connectivity index (χ1v) is 11.6. The SMILES string of the molecule is Cc1ccc(Nc2nnc(SCC(=O)Nc3ccnn3C3CCCC3)s2)cc1Cl. The van der Waals surface area contributed by atoms with Crippen molar-refractivity contribution in [1.29, 1.82) is 0 Å². The second kappa shape index (κ2) is 9.15. The highest BCUT2D eigenvalue weighted by Gasteiger charge is 2.20. The summed E-state index contributed by atoms with van der Waals surface area (Å²) in [4.78, 5) is 12.4. The minimum atomic E-state index is -0.0789. The van der Waals surface area contributed by atoms with Crippen LogP contribution in [0.2, 0.25) is 5.02 Å². The van der Waals surface area contributed by atoms with E-state index in [0.29, 0.717) is 16.2 Å². The van der Waals surface area contributed by atoms with E-state index < -0.39 is 0 Å². The predicted molar refractivity (Wildman–Crippen MR) is 118 cm³/mol. The molecular weight excluding hydrogens is 428 g/mol. The van der Waals surface area contributed by atoms with Crippen LogP contribution in [0.3, 0.4) is 0 Å². The zero-order chi connectivity index (χ0) is 20.2. The lowest BCUT2D eigenvalue weighted by atomic mass is 10.2. The van der Waals surface area contributed by atoms with Crippen molar-refractivity contribution in [3.05, 3.63) is 41.0 Å². The molecule has 0 unspecified atom stereocenters. The minimum Gasteiger partial charge on any atom is -0.330 e. The lowest BCUT2D eigenvalue weighted by molar-refractivity contribution is -0.113. The Morgan fingerprint density at radius 2 is 2.14 bits per heavy atom. The molecule has 1 aliphatic carbocycles. The smallest absolute Gasteiger partial charge is 0.235 e. The molecule has 0 aliphatic heterocycles. The molecule has 3 aromatic rings. The van der Waals surface area contributed by atoms with Crippen molar-refractivity contribution < 1.29 is 4.79 Å². The Morgan fingerprint density at radius 1 is 1.31 bits per heavy atom. The molecule has 7 nitrogen and oxygen atoms in total. The summed E-state index contributed by atoms with van der Waals surface area (Å²) < 4.78 is 2.67. The summed E-state index contributed by atoms with van der Waals surface area (Å²) in [6, 6.07) is 7.98. The third-order valence-electron chi connectivity index (χ3n) is 4.76. The lowest BCUT2D eigenvalue weighted by Crippen LogP contribution is -2.19. The van der Waals surface area contributed by atoms with Gasteiger partial charge in [0.1, 0.15) is 5.82 Å². The van der Waals surface area contributed by atoms with Crippen LogP contribution in [0.4, 0.5) is 16.6 Å². The van der Waals surface area contributed by atoms with E-state index in [1.165, 1.54) is 35.9 Å². The number of benzene rings is 1. The van der Waals surface area contributed by atoms with Crippen molar-refractivity contribution in [2.24, 2.45) is 0 Å². The average molecular weight is 449 g/mol. The van der Waals surface area contributed by atoms with Crippen molar-refractivity contribution in [3.63, 3.8) is 0 Å². The van der Waals surface area contributed by atoms with Crippen molar-refractivity contribution in [1.82, 2.24) is 20.0 Å². The molecule has 0 atom stereocenters. The molecular formula is C19H21ClN6OS2. The van der Waals surface area contributed by atoms with Gasteiger partial charge in [0.05, 0.1) is 18.0 Å². The van der Waals surface area contributed by atoms with E-state index in [9.17, 15) is 4.79 Å². The first-order chi connectivity index (χ1) is 14.1. The summed E-state index contributed by atoms with van der Waals surface area (Å²) in [7, 11) is 0. The largest absolute Gasteiger partial charge is 0.330 e. The average Bonchev–Trinajstić information content (AvgIpc) is 3.45. The fourth-order valence-corrected chi connectivity index (χ4v) is 5.02. The number of aromatic nitrogens is 4.